The molecule has 0 spiro atoms. The molecule has 0 aliphatic heterocycles. The molecule has 0 unspecified atom stereocenters. The van der Waals surface area contributed by atoms with Crippen LogP contribution in [-0.2, 0) is 21.7 Å². The van der Waals surface area contributed by atoms with Crippen LogP contribution in [-0.4, -0.2) is 16.1 Å². The molecule has 674 valence electrons. The molecule has 8 aromatic carbocycles. The van der Waals surface area contributed by atoms with Crippen LogP contribution in [0.3, 0.4) is 0 Å². The molecule has 4 aliphatic rings. The van der Waals surface area contributed by atoms with Gasteiger partial charge in [-0.25, -0.2) is 0 Å². The molecule has 124 heavy (non-hydrogen) atoms. The number of benzene rings is 8. The zero-order valence-electron chi connectivity index (χ0n) is 82.5. The molecule has 0 bridgehead atoms. The molecule has 0 N–H and O–H groups in total. The number of fused-ring (bicyclic) bond motifs is 12. The molecule has 0 heterocycles. The van der Waals surface area contributed by atoms with Gasteiger partial charge in [-0.15, -0.1) is 0 Å². The van der Waals surface area contributed by atoms with Crippen molar-refractivity contribution in [3.8, 4) is 77.9 Å². The monoisotopic (exact) mass is 1700 g/mol. The van der Waals surface area contributed by atoms with Gasteiger partial charge in [0.25, 0.3) is 0 Å². The maximum absolute atomic E-state index is 2.82. The first-order chi connectivity index (χ1) is 60.4. The van der Waals surface area contributed by atoms with E-state index in [1.165, 1.54) is 437 Å². The lowest BCUT2D eigenvalue weighted by Gasteiger charge is -2.34. The summed E-state index contributed by atoms with van der Waals surface area (Å²) in [5, 5.41) is 3.26. The summed E-state index contributed by atoms with van der Waals surface area (Å²) in [6, 6.07) is 64.1. The van der Waals surface area contributed by atoms with Gasteiger partial charge in [-0.3, -0.25) is 0 Å². The van der Waals surface area contributed by atoms with E-state index in [9.17, 15) is 0 Å². The van der Waals surface area contributed by atoms with Crippen LogP contribution in [0.2, 0.25) is 39.3 Å². The van der Waals surface area contributed by atoms with E-state index in [1.54, 1.807) is 54.9 Å². The highest BCUT2D eigenvalue weighted by Gasteiger charge is 2.48. The minimum absolute atomic E-state index is 0.0300. The predicted molar refractivity (Wildman–Crippen MR) is 558 cm³/mol. The first-order valence-corrected chi connectivity index (χ1v) is 60.6. The zero-order valence-corrected chi connectivity index (χ0v) is 84.5. The van der Waals surface area contributed by atoms with Crippen LogP contribution in [0.5, 0.6) is 0 Å². The Morgan fingerprint density at radius 1 is 0.153 bits per heavy atom. The molecule has 0 radical (unpaired) electrons. The van der Waals surface area contributed by atoms with Gasteiger partial charge >= 0.3 is 0 Å². The second-order valence-corrected chi connectivity index (χ2v) is 53.2. The van der Waals surface area contributed by atoms with Gasteiger partial charge in [0.05, 0.1) is 16.1 Å². The highest BCUT2D eigenvalue weighted by atomic mass is 28.3. The fraction of sp³-hybridized carbons (Fsp3) is 0.607. The van der Waals surface area contributed by atoms with Crippen molar-refractivity contribution in [1.82, 2.24) is 0 Å². The molecule has 8 aromatic rings. The van der Waals surface area contributed by atoms with Crippen molar-refractivity contribution < 1.29 is 0 Å². The minimum atomic E-state index is -1.60. The van der Waals surface area contributed by atoms with Crippen LogP contribution in [0.15, 0.2) is 146 Å². The van der Waals surface area contributed by atoms with E-state index in [-0.39, 0.29) is 21.7 Å². The van der Waals surface area contributed by atoms with Gasteiger partial charge in [-0.2, -0.15) is 0 Å². The van der Waals surface area contributed by atoms with E-state index in [0.29, 0.717) is 0 Å². The van der Waals surface area contributed by atoms with E-state index < -0.39 is 16.1 Å². The van der Waals surface area contributed by atoms with Crippen LogP contribution < -0.4 is 10.4 Å². The predicted octanol–water partition coefficient (Wildman–Crippen LogP) is 38.8. The van der Waals surface area contributed by atoms with Gasteiger partial charge in [-0.05, 0) is 210 Å². The van der Waals surface area contributed by atoms with Gasteiger partial charge in [-0.1, -0.05) is 522 Å². The summed E-state index contributed by atoms with van der Waals surface area (Å²) < 4.78 is 0. The van der Waals surface area contributed by atoms with Gasteiger partial charge in [0.2, 0.25) is 0 Å². The lowest BCUT2D eigenvalue weighted by atomic mass is 9.69. The van der Waals surface area contributed by atoms with E-state index in [4.69, 9.17) is 0 Å². The van der Waals surface area contributed by atoms with E-state index >= 15 is 0 Å². The molecule has 0 aromatic heterocycles. The van der Waals surface area contributed by atoms with Crippen molar-refractivity contribution in [2.45, 2.75) is 476 Å². The second kappa shape index (κ2) is 47.7. The molecule has 0 amide bonds. The summed E-state index contributed by atoms with van der Waals surface area (Å²) in [4.78, 5) is 0. The Balaban J connectivity index is 0.981. The normalized spacial score (nSPS) is 14.7. The van der Waals surface area contributed by atoms with Crippen LogP contribution in [0.25, 0.3) is 77.9 Å². The van der Waals surface area contributed by atoms with Crippen LogP contribution >= 0.6 is 0 Å². The molecular weight excluding hydrogens is 1520 g/mol. The largest absolute Gasteiger partial charge is 0.0776 e. The number of unbranched alkanes of at least 4 members (excludes halogenated alkanes) is 40. The number of hydrogen-bond donors (Lipinski definition) is 0. The Morgan fingerprint density at radius 3 is 0.427 bits per heavy atom. The molecule has 4 aliphatic carbocycles. The molecule has 2 heteroatoms. The van der Waals surface area contributed by atoms with Crippen molar-refractivity contribution in [2.24, 2.45) is 0 Å². The van der Waals surface area contributed by atoms with Gasteiger partial charge in [0.15, 0.2) is 0 Å². The lowest BCUT2D eigenvalue weighted by Crippen LogP contribution is -2.38. The first-order valence-electron chi connectivity index (χ1n) is 53.6. The van der Waals surface area contributed by atoms with Crippen LogP contribution in [0.4, 0.5) is 0 Å². The maximum Gasteiger partial charge on any atom is 0.0776 e. The van der Waals surface area contributed by atoms with E-state index in [2.05, 4.69) is 240 Å². The van der Waals surface area contributed by atoms with Crippen LogP contribution in [0, 0.1) is 0 Å². The fourth-order valence-electron chi connectivity index (χ4n) is 24.3. The average Bonchev–Trinajstić information content (AvgIpc) is 1.56. The standard InChI is InChI=1S/C122H178Si2/c1-15-23-31-39-47-55-79-119(80-56-48-40-32-24-16-2)111-87-95(63-71-103(111)105-73-65-97(89-113(105)119)99-67-75-107-109-77-69-101(123(9,10)11)93-117(109)121(115(107)91-99,83-59-51-43-35-27-19-5)84-60-52-44-36-28-20-6)96-64-72-104-106-74-66-98(90-114(106)120(112(104)88-96,81-57-49-41-33-25-17-3)82-58-50-42-34-26-18-4)100-68-76-108-110-78-70-102(124(12,13)14)94-118(110)122(116(108)92-100,85-61-53-45-37-29-21-7)86-62-54-46-38-30-22-8/h63-78,87-94H,15-62,79-86H2,1-14H3. The Bertz CT molecular complexity index is 4240. The molecular formula is C122H178Si2. The van der Waals surface area contributed by atoms with Crippen molar-refractivity contribution in [1.29, 1.82) is 0 Å². The molecule has 0 nitrogen and oxygen atoms in total. The molecule has 0 atom stereocenters. The first kappa shape index (κ1) is 97.3. The summed E-state index contributed by atoms with van der Waals surface area (Å²) in [6.07, 6.45) is 73.9. The third-order valence-corrected chi connectivity index (χ3v) is 35.9. The third-order valence-electron chi connectivity index (χ3n) is 31.8. The highest BCUT2D eigenvalue weighted by Crippen LogP contribution is 2.62. The van der Waals surface area contributed by atoms with Crippen molar-refractivity contribution in [3.05, 3.63) is 190 Å². The summed E-state index contributed by atoms with van der Waals surface area (Å²) in [5.41, 5.74) is 33.9. The summed E-state index contributed by atoms with van der Waals surface area (Å²) in [5.74, 6) is 0. The van der Waals surface area contributed by atoms with Gasteiger partial charge < -0.3 is 0 Å². The SMILES string of the molecule is CCCCCCCCC1(CCCCCCCC)c2cc(-c3ccc4c(c3)C(CCCCCCCC)(CCCCCCCC)c3cc(-c5ccc6c(c5)C(CCCCCCCC)(CCCCCCCC)c5cc([Si](C)(C)C)ccc5-6)ccc3-4)ccc2-c2ccc(-c3ccc4c(c3)C(CCCCCCCC)(CCCCCCCC)c3cc([Si](C)(C)C)ccc3-4)cc21. The Kier molecular flexibility index (Phi) is 37.4. The summed E-state index contributed by atoms with van der Waals surface area (Å²) in [7, 11) is -3.21. The number of hydrogen-bond acceptors (Lipinski definition) is 0. The average molecular weight is 1700 g/mol. The topological polar surface area (TPSA) is 0 Å². The third kappa shape index (κ3) is 23.1. The lowest BCUT2D eigenvalue weighted by molar-refractivity contribution is 0.397. The quantitative estimate of drug-likeness (QED) is 0.0263. The van der Waals surface area contributed by atoms with Crippen molar-refractivity contribution >= 4 is 26.5 Å². The van der Waals surface area contributed by atoms with Crippen molar-refractivity contribution in [3.63, 3.8) is 0 Å². The van der Waals surface area contributed by atoms with Crippen LogP contribution in [0.1, 0.15) is 459 Å². The minimum Gasteiger partial charge on any atom is -0.0656 e. The highest BCUT2D eigenvalue weighted by molar-refractivity contribution is 6.89. The maximum atomic E-state index is 2.82. The van der Waals surface area contributed by atoms with E-state index in [1.807, 2.05) is 0 Å². The summed E-state index contributed by atoms with van der Waals surface area (Å²) >= 11 is 0. The molecule has 0 saturated heterocycles. The second-order valence-electron chi connectivity index (χ2n) is 43.1. The van der Waals surface area contributed by atoms with Gasteiger partial charge in [0.1, 0.15) is 0 Å². The van der Waals surface area contributed by atoms with Crippen molar-refractivity contribution in [2.75, 3.05) is 0 Å². The fourth-order valence-corrected chi connectivity index (χ4v) is 26.6. The molecule has 12 rings (SSSR count). The Labute approximate surface area is 765 Å². The zero-order chi connectivity index (χ0) is 87.4. The molecule has 0 fully saturated rings. The summed E-state index contributed by atoms with van der Waals surface area (Å²) in [6.45, 7) is 34.5. The number of rotatable bonds is 61. The smallest absolute Gasteiger partial charge is 0.0656 e. The van der Waals surface area contributed by atoms with Gasteiger partial charge in [0, 0.05) is 21.7 Å². The Morgan fingerprint density at radius 2 is 0.282 bits per heavy atom. The Hall–Kier alpha value is -5.81. The molecule has 0 saturated carbocycles. The van der Waals surface area contributed by atoms with E-state index in [0.717, 1.165) is 0 Å².